The van der Waals surface area contributed by atoms with E-state index in [2.05, 4.69) is 0 Å². The summed E-state index contributed by atoms with van der Waals surface area (Å²) in [4.78, 5) is 25.0. The Hall–Kier alpha value is -1.84. The van der Waals surface area contributed by atoms with Crippen LogP contribution in [0.1, 0.15) is 63.9 Å². The number of aliphatic hydroxyl groups is 2. The number of carbonyl (C=O) groups is 2. The third-order valence-corrected chi connectivity index (χ3v) is 6.54. The van der Waals surface area contributed by atoms with E-state index in [0.29, 0.717) is 58.2 Å². The topological polar surface area (TPSA) is 112 Å². The molecule has 1 fully saturated rings. The van der Waals surface area contributed by atoms with Crippen LogP contribution < -0.4 is 4.74 Å². The minimum absolute atomic E-state index is 0.0643. The van der Waals surface area contributed by atoms with Gasteiger partial charge < -0.3 is 29.2 Å². The van der Waals surface area contributed by atoms with Gasteiger partial charge in [0, 0.05) is 51.9 Å². The Kier molecular flexibility index (Phi) is 13.4. The predicted octanol–water partition coefficient (Wildman–Crippen LogP) is 3.24. The Morgan fingerprint density at radius 2 is 1.83 bits per heavy atom. The van der Waals surface area contributed by atoms with Crippen LogP contribution in [0, 0.1) is 5.92 Å². The Morgan fingerprint density at radius 1 is 1.11 bits per heavy atom. The van der Waals surface area contributed by atoms with Gasteiger partial charge in [0.2, 0.25) is 0 Å². The van der Waals surface area contributed by atoms with Crippen molar-refractivity contribution in [3.8, 4) is 5.75 Å². The van der Waals surface area contributed by atoms with Crippen LogP contribution in [0.2, 0.25) is 0 Å². The molecule has 0 radical (unpaired) electrons. The molecule has 5 atom stereocenters. The average Bonchev–Trinajstić information content (AvgIpc) is 2.85. The van der Waals surface area contributed by atoms with E-state index >= 15 is 0 Å². The van der Waals surface area contributed by atoms with E-state index in [-0.39, 0.29) is 48.8 Å². The summed E-state index contributed by atoms with van der Waals surface area (Å²) in [6.45, 7) is 2.76. The van der Waals surface area contributed by atoms with Gasteiger partial charge in [-0.1, -0.05) is 19.1 Å². The number of hydrogen-bond donors (Lipinski definition) is 2. The molecule has 8 nitrogen and oxygen atoms in total. The summed E-state index contributed by atoms with van der Waals surface area (Å²) in [6.07, 6.45) is 2.05. The summed E-state index contributed by atoms with van der Waals surface area (Å²) in [5.74, 6) is 0.828. The van der Waals surface area contributed by atoms with Gasteiger partial charge in [0.1, 0.15) is 17.3 Å². The van der Waals surface area contributed by atoms with Gasteiger partial charge in [0.05, 0.1) is 38.1 Å². The summed E-state index contributed by atoms with van der Waals surface area (Å²) in [6, 6.07) is 7.70. The minimum Gasteiger partial charge on any atom is -0.497 e. The Morgan fingerprint density at radius 3 is 2.49 bits per heavy atom. The molecule has 0 saturated carbocycles. The maximum atomic E-state index is 12.6. The lowest BCUT2D eigenvalue weighted by Gasteiger charge is -2.31. The Labute approximate surface area is 208 Å². The van der Waals surface area contributed by atoms with E-state index < -0.39 is 6.10 Å². The lowest BCUT2D eigenvalue weighted by Crippen LogP contribution is -2.37. The Balaban J connectivity index is 1.73. The zero-order valence-electron chi connectivity index (χ0n) is 21.3. The molecule has 198 valence electrons. The molecule has 0 amide bonds. The lowest BCUT2D eigenvalue weighted by atomic mass is 9.91. The van der Waals surface area contributed by atoms with Crippen molar-refractivity contribution in [1.82, 2.24) is 0 Å². The first kappa shape index (κ1) is 29.4. The van der Waals surface area contributed by atoms with Crippen LogP contribution in [0.5, 0.6) is 5.75 Å². The van der Waals surface area contributed by atoms with Crippen molar-refractivity contribution in [1.29, 1.82) is 0 Å². The highest BCUT2D eigenvalue weighted by atomic mass is 16.5. The SMILES string of the molecule is COc1ccc(COCC[C@H]2CC(=O)C[C@@H](C[C@@H](CC(=O)[C@@H](C)CC[C@H](O)CCO)OC)O2)cc1. The standard InChI is InChI=1S/C27H42O8/c1-19(4-7-21(29)10-12-28)27(31)17-25(33-3)16-26-15-22(30)14-24(35-26)11-13-34-18-20-5-8-23(32-2)9-6-20/h5-6,8-9,19,21,24-26,28-29H,4,7,10-18H2,1-3H3/t19-,21-,24-,25-,26-/m0/s1. The van der Waals surface area contributed by atoms with Crippen LogP contribution in [0.3, 0.4) is 0 Å². The zero-order chi connectivity index (χ0) is 25.6. The molecule has 1 saturated heterocycles. The van der Waals surface area contributed by atoms with E-state index in [1.807, 2.05) is 31.2 Å². The van der Waals surface area contributed by atoms with E-state index in [4.69, 9.17) is 24.1 Å². The second kappa shape index (κ2) is 16.0. The summed E-state index contributed by atoms with van der Waals surface area (Å²) < 4.78 is 22.6. The van der Waals surface area contributed by atoms with Crippen molar-refractivity contribution in [3.05, 3.63) is 29.8 Å². The average molecular weight is 495 g/mol. The second-order valence-corrected chi connectivity index (χ2v) is 9.42. The summed E-state index contributed by atoms with van der Waals surface area (Å²) in [5, 5.41) is 18.7. The van der Waals surface area contributed by atoms with Crippen LogP contribution >= 0.6 is 0 Å². The highest BCUT2D eigenvalue weighted by molar-refractivity contribution is 5.81. The predicted molar refractivity (Wildman–Crippen MR) is 131 cm³/mol. The molecule has 0 aromatic heterocycles. The van der Waals surface area contributed by atoms with Crippen molar-refractivity contribution in [3.63, 3.8) is 0 Å². The number of aliphatic hydroxyl groups excluding tert-OH is 2. The van der Waals surface area contributed by atoms with E-state index in [0.717, 1.165) is 11.3 Å². The van der Waals surface area contributed by atoms with Crippen LogP contribution in [-0.4, -0.2) is 73.6 Å². The largest absolute Gasteiger partial charge is 0.497 e. The highest BCUT2D eigenvalue weighted by Gasteiger charge is 2.31. The monoisotopic (exact) mass is 494 g/mol. The molecule has 8 heteroatoms. The number of carbonyl (C=O) groups excluding carboxylic acids is 2. The van der Waals surface area contributed by atoms with Crippen LogP contribution in [0.15, 0.2) is 24.3 Å². The molecule has 35 heavy (non-hydrogen) atoms. The second-order valence-electron chi connectivity index (χ2n) is 9.42. The lowest BCUT2D eigenvalue weighted by molar-refractivity contribution is -0.140. The van der Waals surface area contributed by atoms with E-state index in [1.54, 1.807) is 14.2 Å². The van der Waals surface area contributed by atoms with Gasteiger partial charge in [0.15, 0.2) is 0 Å². The van der Waals surface area contributed by atoms with Gasteiger partial charge in [-0.25, -0.2) is 0 Å². The summed E-state index contributed by atoms with van der Waals surface area (Å²) >= 11 is 0. The summed E-state index contributed by atoms with van der Waals surface area (Å²) in [7, 11) is 3.20. The molecule has 1 aliphatic heterocycles. The maximum absolute atomic E-state index is 12.6. The zero-order valence-corrected chi connectivity index (χ0v) is 21.3. The van der Waals surface area contributed by atoms with Gasteiger partial charge in [-0.3, -0.25) is 9.59 Å². The maximum Gasteiger partial charge on any atom is 0.138 e. The first-order chi connectivity index (χ1) is 16.8. The van der Waals surface area contributed by atoms with Crippen LogP contribution in [-0.2, 0) is 30.4 Å². The molecule has 0 bridgehead atoms. The van der Waals surface area contributed by atoms with Crippen LogP contribution in [0.25, 0.3) is 0 Å². The number of rotatable bonds is 17. The number of ether oxygens (including phenoxy) is 4. The molecule has 0 spiro atoms. The van der Waals surface area contributed by atoms with Crippen molar-refractivity contribution >= 4 is 11.6 Å². The summed E-state index contributed by atoms with van der Waals surface area (Å²) in [5.41, 5.74) is 1.05. The molecular weight excluding hydrogens is 452 g/mol. The molecular formula is C27H42O8. The number of ketones is 2. The first-order valence-corrected chi connectivity index (χ1v) is 12.6. The van der Waals surface area contributed by atoms with Gasteiger partial charge >= 0.3 is 0 Å². The van der Waals surface area contributed by atoms with Gasteiger partial charge in [-0.2, -0.15) is 0 Å². The van der Waals surface area contributed by atoms with Gasteiger partial charge in [-0.05, 0) is 43.4 Å². The molecule has 0 aliphatic carbocycles. The van der Waals surface area contributed by atoms with Crippen molar-refractivity contribution in [2.24, 2.45) is 5.92 Å². The molecule has 1 aromatic rings. The fraction of sp³-hybridized carbons (Fsp3) is 0.704. The van der Waals surface area contributed by atoms with Crippen molar-refractivity contribution < 1.29 is 38.7 Å². The Bertz CT molecular complexity index is 750. The quantitative estimate of drug-likeness (QED) is 0.318. The smallest absolute Gasteiger partial charge is 0.138 e. The van der Waals surface area contributed by atoms with Crippen molar-refractivity contribution in [2.75, 3.05) is 27.4 Å². The third-order valence-electron chi connectivity index (χ3n) is 6.54. The van der Waals surface area contributed by atoms with Crippen LogP contribution in [0.4, 0.5) is 0 Å². The number of Topliss-reactive ketones (excluding diaryl/α,β-unsaturated/α-hetero) is 2. The molecule has 2 N–H and O–H groups in total. The minimum atomic E-state index is -0.591. The fourth-order valence-electron chi connectivity index (χ4n) is 4.27. The fourth-order valence-corrected chi connectivity index (χ4v) is 4.27. The molecule has 1 heterocycles. The number of methoxy groups -OCH3 is 2. The number of hydrogen-bond acceptors (Lipinski definition) is 8. The third kappa shape index (κ3) is 11.2. The van der Waals surface area contributed by atoms with E-state index in [9.17, 15) is 14.7 Å². The first-order valence-electron chi connectivity index (χ1n) is 12.6. The number of benzene rings is 1. The molecule has 1 aromatic carbocycles. The molecule has 1 aliphatic rings. The van der Waals surface area contributed by atoms with E-state index in [1.165, 1.54) is 0 Å². The normalized spacial score (nSPS) is 20.9. The van der Waals surface area contributed by atoms with Gasteiger partial charge in [-0.15, -0.1) is 0 Å². The van der Waals surface area contributed by atoms with Crippen molar-refractivity contribution in [2.45, 2.75) is 89.3 Å². The van der Waals surface area contributed by atoms with Gasteiger partial charge in [0.25, 0.3) is 0 Å². The molecule has 0 unspecified atom stereocenters. The molecule has 2 rings (SSSR count). The highest BCUT2D eigenvalue weighted by Crippen LogP contribution is 2.25.